The van der Waals surface area contributed by atoms with Crippen molar-refractivity contribution in [3.63, 3.8) is 0 Å². The van der Waals surface area contributed by atoms with Crippen molar-refractivity contribution in [2.45, 2.75) is 31.2 Å². The first-order valence-corrected chi connectivity index (χ1v) is 11.6. The van der Waals surface area contributed by atoms with Gasteiger partial charge in [0.1, 0.15) is 16.4 Å². The molecule has 0 saturated carbocycles. The molecule has 1 saturated heterocycles. The van der Waals surface area contributed by atoms with Gasteiger partial charge in [0, 0.05) is 29.7 Å². The highest BCUT2D eigenvalue weighted by atomic mass is 35.5. The summed E-state index contributed by atoms with van der Waals surface area (Å²) >= 11 is 5.85. The van der Waals surface area contributed by atoms with E-state index in [0.717, 1.165) is 16.5 Å². The van der Waals surface area contributed by atoms with E-state index in [1.165, 1.54) is 24.3 Å². The average molecular weight is 502 g/mol. The van der Waals surface area contributed by atoms with Crippen molar-refractivity contribution >= 4 is 40.0 Å². The highest BCUT2D eigenvalue weighted by Crippen LogP contribution is 2.26. The van der Waals surface area contributed by atoms with Crippen LogP contribution in [0.5, 0.6) is 0 Å². The van der Waals surface area contributed by atoms with Gasteiger partial charge >= 0.3 is 0 Å². The lowest BCUT2D eigenvalue weighted by atomic mass is 9.86. The molecule has 2 heterocycles. The number of nitro groups is 1. The highest BCUT2D eigenvalue weighted by Gasteiger charge is 2.40. The second-order valence-corrected chi connectivity index (χ2v) is 9.02. The van der Waals surface area contributed by atoms with Crippen LogP contribution in [0.4, 0.5) is 10.1 Å². The lowest BCUT2D eigenvalue weighted by Gasteiger charge is -2.37. The van der Waals surface area contributed by atoms with Gasteiger partial charge in [0.15, 0.2) is 0 Å². The molecule has 0 bridgehead atoms. The van der Waals surface area contributed by atoms with Crippen LogP contribution in [-0.4, -0.2) is 46.9 Å². The smallest absolute Gasteiger partial charge is 0.288 e. The maximum atomic E-state index is 13.6. The number of carbonyl (C=O) groups is 2. The molecule has 0 radical (unpaired) electrons. The standard InChI is InChI=1S/C24H25ClFN5O4/c25-19-3-1-15(11-21(19)31(34)35)12-22(32)30-24(6-9-27-10-7-24)23(33)28-8-5-16-14-29-20-4-2-17(26)13-18(16)20/h1-4,11,13-14,27,29H,5-10,12H2,(H,28,33)(H,30,32). The third-order valence-corrected chi connectivity index (χ3v) is 6.57. The fourth-order valence-corrected chi connectivity index (χ4v) is 4.59. The Hall–Kier alpha value is -3.50. The Bertz CT molecular complexity index is 1270. The number of piperidine rings is 1. The predicted molar refractivity (Wildman–Crippen MR) is 130 cm³/mol. The number of carbonyl (C=O) groups excluding carboxylic acids is 2. The summed E-state index contributed by atoms with van der Waals surface area (Å²) in [5.74, 6) is -1.03. The first-order valence-electron chi connectivity index (χ1n) is 11.3. The van der Waals surface area contributed by atoms with Crippen molar-refractivity contribution in [2.75, 3.05) is 19.6 Å². The minimum atomic E-state index is -1.09. The highest BCUT2D eigenvalue weighted by molar-refractivity contribution is 6.32. The third kappa shape index (κ3) is 5.60. The summed E-state index contributed by atoms with van der Waals surface area (Å²) < 4.78 is 13.6. The molecule has 184 valence electrons. The molecule has 4 rings (SSSR count). The lowest BCUT2D eigenvalue weighted by molar-refractivity contribution is -0.384. The summed E-state index contributed by atoms with van der Waals surface area (Å²) in [6.07, 6.45) is 2.98. The van der Waals surface area contributed by atoms with Gasteiger partial charge in [0.25, 0.3) is 5.69 Å². The van der Waals surface area contributed by atoms with Gasteiger partial charge in [-0.15, -0.1) is 0 Å². The van der Waals surface area contributed by atoms with Crippen LogP contribution in [-0.2, 0) is 22.4 Å². The number of aromatic nitrogens is 1. The van der Waals surface area contributed by atoms with Gasteiger partial charge in [-0.25, -0.2) is 4.39 Å². The molecule has 1 aliphatic rings. The van der Waals surface area contributed by atoms with Gasteiger partial charge in [-0.2, -0.15) is 0 Å². The van der Waals surface area contributed by atoms with Crippen LogP contribution in [0.15, 0.2) is 42.6 Å². The largest absolute Gasteiger partial charge is 0.361 e. The molecule has 11 heteroatoms. The summed E-state index contributed by atoms with van der Waals surface area (Å²) in [5.41, 5.74) is 0.760. The van der Waals surface area contributed by atoms with E-state index >= 15 is 0 Å². The molecule has 0 aliphatic carbocycles. The predicted octanol–water partition coefficient (Wildman–Crippen LogP) is 3.01. The van der Waals surface area contributed by atoms with Crippen LogP contribution in [0, 0.1) is 15.9 Å². The van der Waals surface area contributed by atoms with Crippen molar-refractivity contribution in [3.05, 3.63) is 74.7 Å². The van der Waals surface area contributed by atoms with Crippen LogP contribution in [0.2, 0.25) is 5.02 Å². The fourth-order valence-electron chi connectivity index (χ4n) is 4.40. The molecule has 9 nitrogen and oxygen atoms in total. The Labute approximate surface area is 205 Å². The van der Waals surface area contributed by atoms with Crippen molar-refractivity contribution in [1.29, 1.82) is 0 Å². The normalized spacial score (nSPS) is 15.0. The van der Waals surface area contributed by atoms with E-state index in [2.05, 4.69) is 20.9 Å². The first-order chi connectivity index (χ1) is 16.8. The van der Waals surface area contributed by atoms with E-state index in [4.69, 9.17) is 11.6 Å². The van der Waals surface area contributed by atoms with E-state index in [0.29, 0.717) is 44.5 Å². The van der Waals surface area contributed by atoms with Crippen molar-refractivity contribution in [1.82, 2.24) is 20.9 Å². The topological polar surface area (TPSA) is 129 Å². The molecule has 3 aromatic rings. The molecule has 1 aliphatic heterocycles. The van der Waals surface area contributed by atoms with Gasteiger partial charge in [0.05, 0.1) is 11.3 Å². The Morgan fingerprint density at radius 1 is 1.17 bits per heavy atom. The van der Waals surface area contributed by atoms with Crippen LogP contribution >= 0.6 is 11.6 Å². The number of hydrogen-bond donors (Lipinski definition) is 4. The maximum absolute atomic E-state index is 13.6. The number of amides is 2. The number of rotatable bonds is 8. The maximum Gasteiger partial charge on any atom is 0.288 e. The Balaban J connectivity index is 1.41. The van der Waals surface area contributed by atoms with Crippen molar-refractivity contribution in [3.8, 4) is 0 Å². The molecule has 2 amide bonds. The summed E-state index contributed by atoms with van der Waals surface area (Å²) in [5, 5.41) is 20.9. The molecule has 1 aromatic heterocycles. The summed E-state index contributed by atoms with van der Waals surface area (Å²) in [7, 11) is 0. The van der Waals surface area contributed by atoms with E-state index in [1.807, 2.05) is 0 Å². The molecular weight excluding hydrogens is 477 g/mol. The zero-order valence-corrected chi connectivity index (χ0v) is 19.6. The number of aromatic amines is 1. The molecule has 0 spiro atoms. The summed E-state index contributed by atoms with van der Waals surface area (Å²) in [4.78, 5) is 39.7. The SMILES string of the molecule is O=C(Cc1ccc(Cl)c([N+](=O)[O-])c1)NC1(C(=O)NCCc2c[nH]c3ccc(F)cc23)CCNCC1. The van der Waals surface area contributed by atoms with E-state index < -0.39 is 16.4 Å². The van der Waals surface area contributed by atoms with E-state index in [-0.39, 0.29) is 28.9 Å². The second kappa shape index (κ2) is 10.4. The zero-order valence-electron chi connectivity index (χ0n) is 18.8. The summed E-state index contributed by atoms with van der Waals surface area (Å²) in [6.45, 7) is 1.43. The second-order valence-electron chi connectivity index (χ2n) is 8.61. The Morgan fingerprint density at radius 2 is 1.94 bits per heavy atom. The minimum Gasteiger partial charge on any atom is -0.361 e. The van der Waals surface area contributed by atoms with E-state index in [1.54, 1.807) is 18.3 Å². The molecule has 0 unspecified atom stereocenters. The number of nitrogens with zero attached hydrogens (tertiary/aromatic N) is 1. The molecule has 4 N–H and O–H groups in total. The minimum absolute atomic E-state index is 0.00806. The molecule has 2 aromatic carbocycles. The van der Waals surface area contributed by atoms with Gasteiger partial charge in [-0.3, -0.25) is 19.7 Å². The number of H-pyrrole nitrogens is 1. The van der Waals surface area contributed by atoms with Gasteiger partial charge in [-0.1, -0.05) is 17.7 Å². The molecule has 35 heavy (non-hydrogen) atoms. The summed E-state index contributed by atoms with van der Waals surface area (Å²) in [6, 6.07) is 8.71. The third-order valence-electron chi connectivity index (χ3n) is 6.25. The monoisotopic (exact) mass is 501 g/mol. The number of nitro benzene ring substituents is 1. The van der Waals surface area contributed by atoms with Crippen molar-refractivity contribution < 1.29 is 18.9 Å². The quantitative estimate of drug-likeness (QED) is 0.278. The van der Waals surface area contributed by atoms with Crippen LogP contribution in [0.3, 0.4) is 0 Å². The first kappa shape index (κ1) is 24.6. The number of halogens is 2. The zero-order chi connectivity index (χ0) is 25.0. The number of hydrogen-bond acceptors (Lipinski definition) is 5. The van der Waals surface area contributed by atoms with E-state index in [9.17, 15) is 24.1 Å². The van der Waals surface area contributed by atoms with Gasteiger partial charge in [-0.05, 0) is 67.7 Å². The van der Waals surface area contributed by atoms with Crippen LogP contribution in [0.1, 0.15) is 24.0 Å². The van der Waals surface area contributed by atoms with Gasteiger partial charge < -0.3 is 20.9 Å². The average Bonchev–Trinajstić information content (AvgIpc) is 3.22. The number of nitrogens with one attached hydrogen (secondary N) is 4. The number of benzene rings is 2. The van der Waals surface area contributed by atoms with Gasteiger partial charge in [0.2, 0.25) is 11.8 Å². The molecule has 0 atom stereocenters. The van der Waals surface area contributed by atoms with Crippen molar-refractivity contribution in [2.24, 2.45) is 0 Å². The Kier molecular flexibility index (Phi) is 7.32. The van der Waals surface area contributed by atoms with Crippen LogP contribution < -0.4 is 16.0 Å². The van der Waals surface area contributed by atoms with Crippen LogP contribution in [0.25, 0.3) is 10.9 Å². The number of fused-ring (bicyclic) bond motifs is 1. The Morgan fingerprint density at radius 3 is 2.69 bits per heavy atom. The molecule has 1 fully saturated rings. The fraction of sp³-hybridized carbons (Fsp3) is 0.333. The lowest BCUT2D eigenvalue weighted by Crippen LogP contribution is -2.63. The molecular formula is C24H25ClFN5O4.